The summed E-state index contributed by atoms with van der Waals surface area (Å²) in [6.07, 6.45) is 0. The van der Waals surface area contributed by atoms with Crippen molar-refractivity contribution in [3.63, 3.8) is 0 Å². The third-order valence-corrected chi connectivity index (χ3v) is 11.0. The molecule has 234 valence electrons. The number of para-hydroxylation sites is 2. The fourth-order valence-corrected chi connectivity index (χ4v) is 8.89. The number of hydrogen-bond acceptors (Lipinski definition) is 3. The number of aromatic nitrogens is 1. The molecule has 0 radical (unpaired) electrons. The van der Waals surface area contributed by atoms with Crippen molar-refractivity contribution in [1.82, 2.24) is 4.57 Å². The van der Waals surface area contributed by atoms with E-state index in [0.717, 1.165) is 61.4 Å². The van der Waals surface area contributed by atoms with Crippen LogP contribution in [0.4, 0.5) is 17.1 Å². The van der Waals surface area contributed by atoms with Gasteiger partial charge in [0.05, 0.1) is 22.0 Å². The van der Waals surface area contributed by atoms with E-state index in [1.165, 1.54) is 43.8 Å². The molecule has 3 aromatic heterocycles. The molecule has 6 heteroatoms. The Morgan fingerprint density at radius 3 is 2.12 bits per heavy atom. The topological polar surface area (TPSA) is 34.5 Å². The van der Waals surface area contributed by atoms with Gasteiger partial charge in [0.25, 0.3) is 6.71 Å². The number of halogens is 1. The van der Waals surface area contributed by atoms with Crippen LogP contribution in [-0.2, 0) is 5.41 Å². The molecule has 0 unspecified atom stereocenters. The number of rotatable bonds is 1. The molecule has 49 heavy (non-hydrogen) atoms. The minimum Gasteiger partial charge on any atom is -0.456 e. The van der Waals surface area contributed by atoms with Crippen LogP contribution in [-0.4, -0.2) is 11.3 Å². The second-order valence-electron chi connectivity index (χ2n) is 14.8. The lowest BCUT2D eigenvalue weighted by atomic mass is 9.33. The zero-order valence-corrected chi connectivity index (χ0v) is 28.3. The van der Waals surface area contributed by atoms with Crippen LogP contribution in [0.1, 0.15) is 31.9 Å². The molecule has 4 nitrogen and oxygen atoms in total. The SMILES string of the molecule is Cc1cc2c3c(c1)-n1c4oc5ccccc5c4c4cc(C(C)(C)C)cc(c41)B3c1ccc(Cl)cc1N2c1cccc2oc3ccccc3c12. The van der Waals surface area contributed by atoms with Crippen LogP contribution >= 0.6 is 11.6 Å². The van der Waals surface area contributed by atoms with E-state index < -0.39 is 0 Å². The Morgan fingerprint density at radius 2 is 1.33 bits per heavy atom. The Balaban J connectivity index is 1.34. The molecule has 0 bridgehead atoms. The summed E-state index contributed by atoms with van der Waals surface area (Å²) in [5.74, 6) is 0. The lowest BCUT2D eigenvalue weighted by Gasteiger charge is -2.41. The Kier molecular flexibility index (Phi) is 5.17. The van der Waals surface area contributed by atoms with Crippen molar-refractivity contribution >= 4 is 107 Å². The highest BCUT2D eigenvalue weighted by molar-refractivity contribution is 7.00. The largest absolute Gasteiger partial charge is 0.456 e. The van der Waals surface area contributed by atoms with Crippen LogP contribution in [0.25, 0.3) is 60.6 Å². The summed E-state index contributed by atoms with van der Waals surface area (Å²) in [5.41, 5.74) is 15.4. The first-order valence-electron chi connectivity index (χ1n) is 16.9. The van der Waals surface area contributed by atoms with Gasteiger partial charge in [-0.25, -0.2) is 0 Å². The average molecular weight is 653 g/mol. The van der Waals surface area contributed by atoms with Gasteiger partial charge in [-0.05, 0) is 94.5 Å². The predicted molar refractivity (Wildman–Crippen MR) is 206 cm³/mol. The first kappa shape index (κ1) is 27.6. The summed E-state index contributed by atoms with van der Waals surface area (Å²) in [4.78, 5) is 2.42. The molecular weight excluding hydrogens is 623 g/mol. The lowest BCUT2D eigenvalue weighted by molar-refractivity contribution is 0.591. The van der Waals surface area contributed by atoms with Gasteiger partial charge in [0.1, 0.15) is 16.7 Å². The van der Waals surface area contributed by atoms with E-state index in [1.807, 2.05) is 18.2 Å². The van der Waals surface area contributed by atoms with Gasteiger partial charge < -0.3 is 13.7 Å². The standard InChI is InChI=1S/C43H30BClN2O2/c1-23-18-33-40-34(19-23)47-41-28(38-26-10-5-8-14-36(26)49-42(38)47)20-24(43(2,3)4)21-30(41)44(40)29-17-16-25(45)22-32(29)46(33)31-12-9-15-37-39(31)27-11-6-7-13-35(27)48-37/h5-22H,1-4H3. The summed E-state index contributed by atoms with van der Waals surface area (Å²) < 4.78 is 15.6. The molecule has 0 saturated carbocycles. The first-order valence-corrected chi connectivity index (χ1v) is 17.3. The lowest BCUT2D eigenvalue weighted by Crippen LogP contribution is -2.60. The number of furan rings is 2. The second-order valence-corrected chi connectivity index (χ2v) is 15.2. The Labute approximate surface area is 288 Å². The van der Waals surface area contributed by atoms with E-state index in [2.05, 4.69) is 128 Å². The quantitative estimate of drug-likeness (QED) is 0.166. The van der Waals surface area contributed by atoms with Gasteiger partial charge in [-0.1, -0.05) is 87.0 Å². The first-order chi connectivity index (χ1) is 23.8. The Morgan fingerprint density at radius 1 is 0.612 bits per heavy atom. The summed E-state index contributed by atoms with van der Waals surface area (Å²) in [6, 6.07) is 39.1. The molecule has 2 aliphatic rings. The number of fused-ring (bicyclic) bond motifs is 12. The maximum absolute atomic E-state index is 6.90. The number of anilines is 3. The molecule has 5 heterocycles. The minimum atomic E-state index is -0.0590. The number of aryl methyl sites for hydroxylation is 1. The summed E-state index contributed by atoms with van der Waals surface area (Å²) in [7, 11) is 0. The molecular formula is C43H30BClN2O2. The van der Waals surface area contributed by atoms with E-state index in [1.54, 1.807) is 0 Å². The molecule has 0 spiro atoms. The molecule has 0 atom stereocenters. The highest BCUT2D eigenvalue weighted by Crippen LogP contribution is 2.47. The summed E-state index contributed by atoms with van der Waals surface area (Å²) in [6.45, 7) is 9.11. The van der Waals surface area contributed by atoms with Crippen LogP contribution in [0.5, 0.6) is 0 Å². The van der Waals surface area contributed by atoms with Gasteiger partial charge in [0.15, 0.2) is 0 Å². The zero-order chi connectivity index (χ0) is 32.9. The highest BCUT2D eigenvalue weighted by Gasteiger charge is 2.44. The van der Waals surface area contributed by atoms with E-state index >= 15 is 0 Å². The minimum absolute atomic E-state index is 0.00279. The van der Waals surface area contributed by atoms with Gasteiger partial charge in [0, 0.05) is 38.2 Å². The van der Waals surface area contributed by atoms with Crippen LogP contribution < -0.4 is 21.3 Å². The van der Waals surface area contributed by atoms with E-state index in [4.69, 9.17) is 20.4 Å². The highest BCUT2D eigenvalue weighted by atomic mass is 35.5. The van der Waals surface area contributed by atoms with Crippen molar-refractivity contribution in [2.45, 2.75) is 33.1 Å². The van der Waals surface area contributed by atoms with Gasteiger partial charge in [0.2, 0.25) is 5.71 Å². The van der Waals surface area contributed by atoms with Gasteiger partial charge in [-0.15, -0.1) is 0 Å². The zero-order valence-electron chi connectivity index (χ0n) is 27.6. The summed E-state index contributed by atoms with van der Waals surface area (Å²) in [5, 5.41) is 6.45. The van der Waals surface area contributed by atoms with Crippen molar-refractivity contribution in [2.75, 3.05) is 4.90 Å². The molecule has 0 saturated heterocycles. The van der Waals surface area contributed by atoms with Crippen molar-refractivity contribution in [1.29, 1.82) is 0 Å². The Bertz CT molecular complexity index is 2920. The molecule has 9 aromatic rings. The smallest absolute Gasteiger partial charge is 0.252 e. The second kappa shape index (κ2) is 9.19. The van der Waals surface area contributed by atoms with E-state index in [0.29, 0.717) is 5.02 Å². The molecule has 0 fully saturated rings. The van der Waals surface area contributed by atoms with Gasteiger partial charge in [-0.3, -0.25) is 4.57 Å². The van der Waals surface area contributed by atoms with E-state index in [9.17, 15) is 0 Å². The van der Waals surface area contributed by atoms with Crippen LogP contribution in [0.3, 0.4) is 0 Å². The molecule has 0 aliphatic carbocycles. The van der Waals surface area contributed by atoms with E-state index in [-0.39, 0.29) is 12.1 Å². The normalized spacial score (nSPS) is 13.7. The number of benzene rings is 6. The fraction of sp³-hybridized carbons (Fsp3) is 0.116. The number of hydrogen-bond donors (Lipinski definition) is 0. The van der Waals surface area contributed by atoms with Crippen molar-refractivity contribution < 1.29 is 8.83 Å². The maximum atomic E-state index is 6.90. The number of nitrogens with zero attached hydrogens (tertiary/aromatic N) is 2. The monoisotopic (exact) mass is 652 g/mol. The van der Waals surface area contributed by atoms with Gasteiger partial charge in [-0.2, -0.15) is 0 Å². The van der Waals surface area contributed by atoms with Crippen LogP contribution in [0.2, 0.25) is 5.02 Å². The Hall–Kier alpha value is -5.39. The molecule has 0 N–H and O–H groups in total. The molecule has 6 aromatic carbocycles. The van der Waals surface area contributed by atoms with Gasteiger partial charge >= 0.3 is 0 Å². The van der Waals surface area contributed by atoms with Crippen LogP contribution in [0.15, 0.2) is 118 Å². The van der Waals surface area contributed by atoms with Crippen molar-refractivity contribution in [3.8, 4) is 5.69 Å². The van der Waals surface area contributed by atoms with Crippen molar-refractivity contribution in [3.05, 3.63) is 125 Å². The maximum Gasteiger partial charge on any atom is 0.252 e. The predicted octanol–water partition coefficient (Wildman–Crippen LogP) is 10.3. The van der Waals surface area contributed by atoms with Crippen LogP contribution in [0, 0.1) is 6.92 Å². The van der Waals surface area contributed by atoms with Crippen molar-refractivity contribution in [2.24, 2.45) is 0 Å². The third-order valence-electron chi connectivity index (χ3n) is 10.8. The summed E-state index contributed by atoms with van der Waals surface area (Å²) >= 11 is 6.90. The average Bonchev–Trinajstić information content (AvgIpc) is 3.75. The molecule has 2 aliphatic heterocycles. The fourth-order valence-electron chi connectivity index (χ4n) is 8.72. The molecule has 11 rings (SSSR count). The molecule has 0 amide bonds. The third kappa shape index (κ3) is 3.51.